The molecule has 166 valence electrons. The summed E-state index contributed by atoms with van der Waals surface area (Å²) in [7, 11) is 0. The van der Waals surface area contributed by atoms with Crippen LogP contribution < -0.4 is 9.47 Å². The van der Waals surface area contributed by atoms with E-state index in [2.05, 4.69) is 9.88 Å². The first-order chi connectivity index (χ1) is 15.6. The van der Waals surface area contributed by atoms with Crippen LogP contribution >= 0.6 is 0 Å². The third-order valence-corrected chi connectivity index (χ3v) is 5.37. The normalized spacial score (nSPS) is 15.3. The van der Waals surface area contributed by atoms with Gasteiger partial charge < -0.3 is 14.4 Å². The molecule has 1 aromatic heterocycles. The number of carbonyl (C=O) groups is 1. The third-order valence-electron chi connectivity index (χ3n) is 5.37. The van der Waals surface area contributed by atoms with E-state index in [1.807, 2.05) is 31.2 Å². The van der Waals surface area contributed by atoms with Crippen molar-refractivity contribution in [1.29, 1.82) is 0 Å². The van der Waals surface area contributed by atoms with E-state index in [-0.39, 0.29) is 17.6 Å². The van der Waals surface area contributed by atoms with Gasteiger partial charge in [0.15, 0.2) is 11.5 Å². The van der Waals surface area contributed by atoms with E-state index in [1.54, 1.807) is 35.4 Å². The Bertz CT molecular complexity index is 1080. The number of nitrogens with zero attached hydrogens (tertiary/aromatic N) is 3. The maximum absolute atomic E-state index is 13.7. The number of carbonyl (C=O) groups excluding carboxylic acids is 1. The molecule has 1 aliphatic heterocycles. The van der Waals surface area contributed by atoms with Crippen LogP contribution in [-0.4, -0.2) is 53.5 Å². The number of fused-ring (bicyclic) bond motifs is 2. The Morgan fingerprint density at radius 3 is 2.66 bits per heavy atom. The molecule has 0 saturated carbocycles. The molecule has 0 atom stereocenters. The summed E-state index contributed by atoms with van der Waals surface area (Å²) >= 11 is 0. The Balaban J connectivity index is 1.64. The monoisotopic (exact) mass is 435 g/mol. The van der Waals surface area contributed by atoms with Gasteiger partial charge in [-0.2, -0.15) is 0 Å². The number of hydrogen-bond acceptors (Lipinski definition) is 5. The molecule has 6 nitrogen and oxygen atoms in total. The van der Waals surface area contributed by atoms with Gasteiger partial charge in [-0.25, -0.2) is 9.37 Å². The smallest absolute Gasteiger partial charge is 0.259 e. The number of para-hydroxylation sites is 2. The molecule has 0 spiro atoms. The van der Waals surface area contributed by atoms with E-state index in [0.29, 0.717) is 56.4 Å². The first-order valence-electron chi connectivity index (χ1n) is 10.7. The summed E-state index contributed by atoms with van der Waals surface area (Å²) in [6, 6.07) is 17.4. The summed E-state index contributed by atoms with van der Waals surface area (Å²) in [6.07, 6.45) is 1.60. The highest BCUT2D eigenvalue weighted by Gasteiger charge is 2.22. The van der Waals surface area contributed by atoms with Crippen molar-refractivity contribution in [2.45, 2.75) is 13.5 Å². The van der Waals surface area contributed by atoms with Crippen LogP contribution in [0.5, 0.6) is 17.4 Å². The first kappa shape index (κ1) is 21.8. The second-order valence-electron chi connectivity index (χ2n) is 7.54. The standard InChI is InChI=1S/C25H26FN3O3/c1-2-29-14-13-28(18-19-7-5-8-20(26)17-19)15-16-31-22-10-3-4-11-23(22)32-24-21(25(29)30)9-6-12-27-24/h3-12,17H,2,13-16,18H2,1H3. The van der Waals surface area contributed by atoms with Crippen LogP contribution in [0.2, 0.25) is 0 Å². The van der Waals surface area contributed by atoms with Crippen molar-refractivity contribution in [2.75, 3.05) is 32.8 Å². The summed E-state index contributed by atoms with van der Waals surface area (Å²) in [4.78, 5) is 21.5. The van der Waals surface area contributed by atoms with Gasteiger partial charge in [0.25, 0.3) is 5.91 Å². The average Bonchev–Trinajstić information content (AvgIpc) is 2.81. The second kappa shape index (κ2) is 10.2. The van der Waals surface area contributed by atoms with Crippen molar-refractivity contribution in [3.8, 4) is 17.4 Å². The van der Waals surface area contributed by atoms with E-state index in [9.17, 15) is 9.18 Å². The Morgan fingerprint density at radius 2 is 1.84 bits per heavy atom. The van der Waals surface area contributed by atoms with Gasteiger partial charge in [-0.3, -0.25) is 9.69 Å². The predicted octanol–water partition coefficient (Wildman–Crippen LogP) is 4.37. The quantitative estimate of drug-likeness (QED) is 0.612. The molecule has 2 aromatic carbocycles. The van der Waals surface area contributed by atoms with Crippen LogP contribution in [0.1, 0.15) is 22.8 Å². The lowest BCUT2D eigenvalue weighted by molar-refractivity contribution is 0.0736. The number of amides is 1. The molecule has 2 heterocycles. The number of aromatic nitrogens is 1. The zero-order chi connectivity index (χ0) is 22.3. The van der Waals surface area contributed by atoms with E-state index >= 15 is 0 Å². The fourth-order valence-electron chi connectivity index (χ4n) is 3.68. The van der Waals surface area contributed by atoms with Crippen LogP contribution in [0.15, 0.2) is 66.9 Å². The van der Waals surface area contributed by atoms with Crippen LogP contribution in [0, 0.1) is 5.82 Å². The predicted molar refractivity (Wildman–Crippen MR) is 120 cm³/mol. The summed E-state index contributed by atoms with van der Waals surface area (Å²) in [5, 5.41) is 0. The molecular weight excluding hydrogens is 409 g/mol. The molecule has 0 radical (unpaired) electrons. The Morgan fingerprint density at radius 1 is 1.00 bits per heavy atom. The molecule has 0 saturated heterocycles. The molecule has 1 aliphatic rings. The lowest BCUT2D eigenvalue weighted by Gasteiger charge is -2.27. The number of hydrogen-bond donors (Lipinski definition) is 0. The third kappa shape index (κ3) is 5.23. The number of benzene rings is 2. The maximum Gasteiger partial charge on any atom is 0.259 e. The lowest BCUT2D eigenvalue weighted by atomic mass is 10.2. The minimum atomic E-state index is -0.259. The summed E-state index contributed by atoms with van der Waals surface area (Å²) in [5.74, 6) is 0.931. The fourth-order valence-corrected chi connectivity index (χ4v) is 3.68. The van der Waals surface area contributed by atoms with Crippen molar-refractivity contribution in [3.05, 3.63) is 83.8 Å². The maximum atomic E-state index is 13.7. The van der Waals surface area contributed by atoms with Crippen molar-refractivity contribution in [3.63, 3.8) is 0 Å². The Kier molecular flexibility index (Phi) is 6.97. The van der Waals surface area contributed by atoms with Crippen molar-refractivity contribution in [1.82, 2.24) is 14.8 Å². The highest BCUT2D eigenvalue weighted by atomic mass is 19.1. The summed E-state index contributed by atoms with van der Waals surface area (Å²) in [5.41, 5.74) is 1.28. The molecule has 3 aromatic rings. The zero-order valence-electron chi connectivity index (χ0n) is 18.0. The van der Waals surface area contributed by atoms with Crippen molar-refractivity contribution < 1.29 is 18.7 Å². The molecule has 1 amide bonds. The molecule has 7 heteroatoms. The highest BCUT2D eigenvalue weighted by Crippen LogP contribution is 2.32. The van der Waals surface area contributed by atoms with Gasteiger partial charge in [-0.15, -0.1) is 0 Å². The van der Waals surface area contributed by atoms with Gasteiger partial charge in [0, 0.05) is 38.9 Å². The minimum absolute atomic E-state index is 0.140. The molecule has 0 unspecified atom stereocenters. The number of likely N-dealkylation sites (N-methyl/N-ethyl adjacent to an activating group) is 1. The van der Waals surface area contributed by atoms with E-state index in [4.69, 9.17) is 9.47 Å². The van der Waals surface area contributed by atoms with Crippen LogP contribution in [-0.2, 0) is 6.54 Å². The summed E-state index contributed by atoms with van der Waals surface area (Å²) in [6.45, 7) is 5.23. The Hall–Kier alpha value is -3.45. The van der Waals surface area contributed by atoms with Crippen LogP contribution in [0.4, 0.5) is 4.39 Å². The zero-order valence-corrected chi connectivity index (χ0v) is 18.0. The van der Waals surface area contributed by atoms with Gasteiger partial charge in [0.2, 0.25) is 5.88 Å². The SMILES string of the molecule is CCN1CCN(Cc2cccc(F)c2)CCOc2ccccc2Oc2ncccc2C1=O. The Labute approximate surface area is 187 Å². The summed E-state index contributed by atoms with van der Waals surface area (Å²) < 4.78 is 25.7. The number of pyridine rings is 1. The molecule has 0 N–H and O–H groups in total. The second-order valence-corrected chi connectivity index (χ2v) is 7.54. The molecule has 0 aliphatic carbocycles. The van der Waals surface area contributed by atoms with E-state index in [1.165, 1.54) is 12.1 Å². The topological polar surface area (TPSA) is 54.9 Å². The molecule has 4 rings (SSSR count). The first-order valence-corrected chi connectivity index (χ1v) is 10.7. The number of rotatable bonds is 3. The largest absolute Gasteiger partial charge is 0.488 e. The minimum Gasteiger partial charge on any atom is -0.488 e. The fraction of sp³-hybridized carbons (Fsp3) is 0.280. The molecule has 32 heavy (non-hydrogen) atoms. The van der Waals surface area contributed by atoms with Gasteiger partial charge >= 0.3 is 0 Å². The van der Waals surface area contributed by atoms with E-state index < -0.39 is 0 Å². The lowest BCUT2D eigenvalue weighted by Crippen LogP contribution is -2.39. The molecule has 0 fully saturated rings. The van der Waals surface area contributed by atoms with Crippen molar-refractivity contribution in [2.24, 2.45) is 0 Å². The van der Waals surface area contributed by atoms with Gasteiger partial charge in [-0.1, -0.05) is 24.3 Å². The van der Waals surface area contributed by atoms with Crippen LogP contribution in [0.3, 0.4) is 0 Å². The van der Waals surface area contributed by atoms with Crippen molar-refractivity contribution >= 4 is 5.91 Å². The van der Waals surface area contributed by atoms with Gasteiger partial charge in [-0.05, 0) is 48.9 Å². The van der Waals surface area contributed by atoms with Gasteiger partial charge in [0.1, 0.15) is 18.0 Å². The number of ether oxygens (including phenoxy) is 2. The average molecular weight is 435 g/mol. The molecular formula is C25H26FN3O3. The van der Waals surface area contributed by atoms with Gasteiger partial charge in [0.05, 0.1) is 0 Å². The molecule has 0 bridgehead atoms. The van der Waals surface area contributed by atoms with E-state index in [0.717, 1.165) is 5.56 Å². The number of halogens is 1. The van der Waals surface area contributed by atoms with Crippen LogP contribution in [0.25, 0.3) is 0 Å². The highest BCUT2D eigenvalue weighted by molar-refractivity contribution is 5.96.